The number of hydrogen-bond donors (Lipinski definition) is 1. The van der Waals surface area contributed by atoms with Crippen molar-refractivity contribution < 1.29 is 9.53 Å². The first-order chi connectivity index (χ1) is 15.0. The van der Waals surface area contributed by atoms with Crippen molar-refractivity contribution in [3.63, 3.8) is 0 Å². The van der Waals surface area contributed by atoms with E-state index in [1.165, 1.54) is 4.68 Å². The molecule has 2 heterocycles. The SMILES string of the molecule is COc1ccc(Cc2nn(CC(=O)Nc3ccccc3Cl)c(=S)n2-n2cccc2)cc1. The highest BCUT2D eigenvalue weighted by molar-refractivity contribution is 7.71. The topological polar surface area (TPSA) is 66.0 Å². The van der Waals surface area contributed by atoms with E-state index in [9.17, 15) is 4.79 Å². The number of rotatable bonds is 7. The lowest BCUT2D eigenvalue weighted by Crippen LogP contribution is -2.20. The number of nitrogens with zero attached hydrogens (tertiary/aromatic N) is 4. The van der Waals surface area contributed by atoms with Crippen molar-refractivity contribution in [2.24, 2.45) is 0 Å². The standard InChI is InChI=1S/C22H20ClN5O2S/c1-30-17-10-8-16(9-11-17)14-20-25-27(22(31)28(20)26-12-4-5-13-26)15-21(29)24-19-7-3-2-6-18(19)23/h2-13H,14-15H2,1H3,(H,24,29). The van der Waals surface area contributed by atoms with Crippen molar-refractivity contribution in [2.45, 2.75) is 13.0 Å². The van der Waals surface area contributed by atoms with Crippen LogP contribution in [0.1, 0.15) is 11.4 Å². The van der Waals surface area contributed by atoms with Crippen molar-refractivity contribution >= 4 is 35.4 Å². The first-order valence-corrected chi connectivity index (χ1v) is 10.3. The average Bonchev–Trinajstić information content (AvgIpc) is 3.39. The quantitative estimate of drug-likeness (QED) is 0.421. The molecule has 1 N–H and O–H groups in total. The number of ether oxygens (including phenoxy) is 1. The summed E-state index contributed by atoms with van der Waals surface area (Å²) in [4.78, 5) is 12.6. The molecule has 0 atom stereocenters. The minimum Gasteiger partial charge on any atom is -0.497 e. The predicted molar refractivity (Wildman–Crippen MR) is 122 cm³/mol. The summed E-state index contributed by atoms with van der Waals surface area (Å²) in [6.07, 6.45) is 4.29. The molecule has 158 valence electrons. The Bertz CT molecular complexity index is 1250. The monoisotopic (exact) mass is 453 g/mol. The zero-order valence-corrected chi connectivity index (χ0v) is 18.3. The van der Waals surface area contributed by atoms with E-state index in [0.717, 1.165) is 11.3 Å². The molecular formula is C22H20ClN5O2S. The average molecular weight is 454 g/mol. The number of amides is 1. The molecule has 0 saturated heterocycles. The van der Waals surface area contributed by atoms with Gasteiger partial charge < -0.3 is 10.1 Å². The molecule has 0 aliphatic heterocycles. The molecule has 1 amide bonds. The van der Waals surface area contributed by atoms with Crippen LogP contribution < -0.4 is 10.1 Å². The molecule has 0 aliphatic rings. The van der Waals surface area contributed by atoms with E-state index in [1.54, 1.807) is 31.4 Å². The molecule has 31 heavy (non-hydrogen) atoms. The zero-order valence-electron chi connectivity index (χ0n) is 16.7. The predicted octanol–water partition coefficient (Wildman–Crippen LogP) is 4.42. The van der Waals surface area contributed by atoms with Crippen molar-refractivity contribution in [1.82, 2.24) is 19.1 Å². The summed E-state index contributed by atoms with van der Waals surface area (Å²) in [6, 6.07) is 18.6. The number of carbonyl (C=O) groups is 1. The number of anilines is 1. The highest BCUT2D eigenvalue weighted by atomic mass is 35.5. The molecule has 2 aromatic heterocycles. The van der Waals surface area contributed by atoms with Crippen molar-refractivity contribution in [3.05, 3.63) is 94.2 Å². The summed E-state index contributed by atoms with van der Waals surface area (Å²) in [6.45, 7) is -0.0338. The summed E-state index contributed by atoms with van der Waals surface area (Å²) in [5.74, 6) is 1.22. The molecule has 0 radical (unpaired) electrons. The molecule has 9 heteroatoms. The van der Waals surface area contributed by atoms with Gasteiger partial charge in [-0.15, -0.1) is 0 Å². The Labute approximate surface area is 189 Å². The number of carbonyl (C=O) groups excluding carboxylic acids is 1. The lowest BCUT2D eigenvalue weighted by atomic mass is 10.1. The fourth-order valence-corrected chi connectivity index (χ4v) is 3.65. The van der Waals surface area contributed by atoms with Gasteiger partial charge in [0.1, 0.15) is 12.3 Å². The second kappa shape index (κ2) is 9.20. The molecule has 2 aromatic carbocycles. The maximum atomic E-state index is 12.6. The third-order valence-corrected chi connectivity index (χ3v) is 5.38. The highest BCUT2D eigenvalue weighted by Gasteiger charge is 2.16. The number of aromatic nitrogens is 4. The molecule has 0 bridgehead atoms. The summed E-state index contributed by atoms with van der Waals surface area (Å²) in [7, 11) is 1.63. The molecule has 0 fully saturated rings. The van der Waals surface area contributed by atoms with E-state index in [1.807, 2.05) is 58.1 Å². The molecule has 4 aromatic rings. The van der Waals surface area contributed by atoms with E-state index in [-0.39, 0.29) is 12.5 Å². The summed E-state index contributed by atoms with van der Waals surface area (Å²) in [5, 5.41) is 7.91. The minimum absolute atomic E-state index is 0.0338. The number of methoxy groups -OCH3 is 1. The van der Waals surface area contributed by atoms with Crippen LogP contribution in [0.2, 0.25) is 5.02 Å². The fraction of sp³-hybridized carbons (Fsp3) is 0.136. The van der Waals surface area contributed by atoms with Crippen LogP contribution in [-0.2, 0) is 17.8 Å². The Morgan fingerprint density at radius 3 is 2.48 bits per heavy atom. The maximum absolute atomic E-state index is 12.6. The molecule has 0 spiro atoms. The lowest BCUT2D eigenvalue weighted by Gasteiger charge is -2.08. The second-order valence-electron chi connectivity index (χ2n) is 6.78. The first kappa shape index (κ1) is 20.9. The molecule has 0 saturated carbocycles. The van der Waals surface area contributed by atoms with Gasteiger partial charge in [-0.1, -0.05) is 35.9 Å². The number of nitrogens with one attached hydrogen (secondary N) is 1. The Morgan fingerprint density at radius 1 is 1.10 bits per heavy atom. The van der Waals surface area contributed by atoms with Gasteiger partial charge in [-0.3, -0.25) is 9.47 Å². The first-order valence-electron chi connectivity index (χ1n) is 9.55. The Kier molecular flexibility index (Phi) is 6.20. The Hall–Kier alpha value is -3.36. The van der Waals surface area contributed by atoms with E-state index in [0.29, 0.717) is 27.7 Å². The van der Waals surface area contributed by atoms with Gasteiger partial charge in [0.05, 0.1) is 17.8 Å². The van der Waals surface area contributed by atoms with Crippen molar-refractivity contribution in [2.75, 3.05) is 12.4 Å². The number of halogens is 1. The van der Waals surface area contributed by atoms with Crippen LogP contribution in [0.3, 0.4) is 0 Å². The molecule has 4 rings (SSSR count). The van der Waals surface area contributed by atoms with Crippen molar-refractivity contribution in [3.8, 4) is 5.75 Å². The van der Waals surface area contributed by atoms with Gasteiger partial charge in [0.25, 0.3) is 0 Å². The molecule has 0 unspecified atom stereocenters. The fourth-order valence-electron chi connectivity index (χ4n) is 3.16. The lowest BCUT2D eigenvalue weighted by molar-refractivity contribution is -0.116. The summed E-state index contributed by atoms with van der Waals surface area (Å²) >= 11 is 11.8. The summed E-state index contributed by atoms with van der Waals surface area (Å²) < 4.78 is 10.8. The number of benzene rings is 2. The minimum atomic E-state index is -0.266. The van der Waals surface area contributed by atoms with Crippen LogP contribution in [0.15, 0.2) is 73.1 Å². The number of hydrogen-bond acceptors (Lipinski definition) is 4. The van der Waals surface area contributed by atoms with Crippen LogP contribution >= 0.6 is 23.8 Å². The highest BCUT2D eigenvalue weighted by Crippen LogP contribution is 2.20. The van der Waals surface area contributed by atoms with E-state index < -0.39 is 0 Å². The van der Waals surface area contributed by atoms with Gasteiger partial charge in [0.2, 0.25) is 10.7 Å². The summed E-state index contributed by atoms with van der Waals surface area (Å²) in [5.41, 5.74) is 1.59. The van der Waals surface area contributed by atoms with Gasteiger partial charge in [-0.05, 0) is 54.2 Å². The van der Waals surface area contributed by atoms with Crippen LogP contribution in [0.5, 0.6) is 5.75 Å². The normalized spacial score (nSPS) is 10.8. The van der Waals surface area contributed by atoms with Gasteiger partial charge in [-0.2, -0.15) is 5.10 Å². The Morgan fingerprint density at radius 2 is 1.81 bits per heavy atom. The van der Waals surface area contributed by atoms with Crippen LogP contribution in [0.25, 0.3) is 0 Å². The molecule has 0 aliphatic carbocycles. The van der Waals surface area contributed by atoms with Crippen LogP contribution in [0, 0.1) is 4.77 Å². The smallest absolute Gasteiger partial charge is 0.246 e. The van der Waals surface area contributed by atoms with Crippen molar-refractivity contribution in [1.29, 1.82) is 0 Å². The maximum Gasteiger partial charge on any atom is 0.246 e. The number of para-hydroxylation sites is 1. The largest absolute Gasteiger partial charge is 0.497 e. The van der Waals surface area contributed by atoms with Gasteiger partial charge in [-0.25, -0.2) is 9.36 Å². The van der Waals surface area contributed by atoms with Crippen LogP contribution in [0.4, 0.5) is 5.69 Å². The van der Waals surface area contributed by atoms with Gasteiger partial charge in [0.15, 0.2) is 5.82 Å². The molecular weight excluding hydrogens is 434 g/mol. The zero-order chi connectivity index (χ0) is 21.8. The van der Waals surface area contributed by atoms with Crippen LogP contribution in [-0.4, -0.2) is 32.1 Å². The van der Waals surface area contributed by atoms with Gasteiger partial charge in [0, 0.05) is 18.8 Å². The Balaban J connectivity index is 1.62. The second-order valence-corrected chi connectivity index (χ2v) is 7.56. The third-order valence-electron chi connectivity index (χ3n) is 4.66. The van der Waals surface area contributed by atoms with E-state index >= 15 is 0 Å². The molecule has 7 nitrogen and oxygen atoms in total. The van der Waals surface area contributed by atoms with E-state index in [2.05, 4.69) is 10.4 Å². The van der Waals surface area contributed by atoms with Gasteiger partial charge >= 0.3 is 0 Å². The van der Waals surface area contributed by atoms with E-state index in [4.69, 9.17) is 28.6 Å². The third kappa shape index (κ3) is 4.70.